The van der Waals surface area contributed by atoms with Gasteiger partial charge in [-0.3, -0.25) is 0 Å². The molecule has 1 nitrogen and oxygen atoms in total. The summed E-state index contributed by atoms with van der Waals surface area (Å²) in [5, 5.41) is 10.2. The number of rotatable bonds is 6. The van der Waals surface area contributed by atoms with Crippen LogP contribution in [0.5, 0.6) is 0 Å². The fourth-order valence-corrected chi connectivity index (χ4v) is 1.09. The van der Waals surface area contributed by atoms with E-state index in [1.165, 1.54) is 25.7 Å². The molecule has 0 aliphatic rings. The minimum absolute atomic E-state index is 0.104. The summed E-state index contributed by atoms with van der Waals surface area (Å²) >= 11 is 0. The summed E-state index contributed by atoms with van der Waals surface area (Å²) in [6.07, 6.45) is 6.02. The maximum Gasteiger partial charge on any atom is 0.0824 e. The highest BCUT2D eigenvalue weighted by Gasteiger charge is 1.99. The predicted octanol–water partition coefficient (Wildman–Crippen LogP) is 3.02. The maximum atomic E-state index is 10.2. The van der Waals surface area contributed by atoms with Crippen molar-refractivity contribution in [2.75, 3.05) is 6.61 Å². The van der Waals surface area contributed by atoms with Crippen LogP contribution < -0.4 is 0 Å². The van der Waals surface area contributed by atoms with Crippen LogP contribution in [0.15, 0.2) is 0 Å². The normalized spacial score (nSPS) is 13.5. The Hall–Kier alpha value is -0.0400. The highest BCUT2D eigenvalue weighted by molar-refractivity contribution is 4.51. The lowest BCUT2D eigenvalue weighted by Crippen LogP contribution is -1.96. The Morgan fingerprint density at radius 3 is 2.40 bits per heavy atom. The summed E-state index contributed by atoms with van der Waals surface area (Å²) < 4.78 is 0. The third-order valence-electron chi connectivity index (χ3n) is 1.91. The van der Waals surface area contributed by atoms with Gasteiger partial charge in [-0.05, 0) is 12.3 Å². The second-order valence-electron chi connectivity index (χ2n) is 3.09. The molecular formula is C9H19O. The molecule has 1 heteroatoms. The quantitative estimate of drug-likeness (QED) is 0.509. The maximum absolute atomic E-state index is 10.2. The van der Waals surface area contributed by atoms with Gasteiger partial charge in [-0.1, -0.05) is 39.5 Å². The Labute approximate surface area is 64.5 Å². The Morgan fingerprint density at radius 2 is 1.90 bits per heavy atom. The van der Waals surface area contributed by atoms with Crippen LogP contribution in [0.1, 0.15) is 46.0 Å². The minimum atomic E-state index is 0.104. The van der Waals surface area contributed by atoms with Gasteiger partial charge in [0.1, 0.15) is 0 Å². The Morgan fingerprint density at radius 1 is 1.20 bits per heavy atom. The first kappa shape index (κ1) is 9.96. The molecule has 0 bridgehead atoms. The van der Waals surface area contributed by atoms with E-state index in [9.17, 15) is 5.11 Å². The van der Waals surface area contributed by atoms with E-state index < -0.39 is 0 Å². The molecule has 1 unspecified atom stereocenters. The van der Waals surface area contributed by atoms with Gasteiger partial charge < -0.3 is 0 Å². The lowest BCUT2D eigenvalue weighted by atomic mass is 10.0. The van der Waals surface area contributed by atoms with E-state index in [0.717, 1.165) is 6.42 Å². The summed E-state index contributed by atoms with van der Waals surface area (Å²) in [6, 6.07) is 0. The predicted molar refractivity (Wildman–Crippen MR) is 43.5 cm³/mol. The number of hydrogen-bond acceptors (Lipinski definition) is 0. The van der Waals surface area contributed by atoms with Gasteiger partial charge >= 0.3 is 0 Å². The van der Waals surface area contributed by atoms with E-state index in [4.69, 9.17) is 0 Å². The zero-order valence-electron chi connectivity index (χ0n) is 7.23. The highest BCUT2D eigenvalue weighted by atomic mass is 16.2. The molecule has 0 fully saturated rings. The molecule has 0 aromatic rings. The van der Waals surface area contributed by atoms with Crippen molar-refractivity contribution in [3.8, 4) is 0 Å². The molecule has 0 spiro atoms. The summed E-state index contributed by atoms with van der Waals surface area (Å²) in [6.45, 7) is 4.49. The van der Waals surface area contributed by atoms with Crippen molar-refractivity contribution < 1.29 is 5.11 Å². The minimum Gasteiger partial charge on any atom is -0.237 e. The van der Waals surface area contributed by atoms with Crippen LogP contribution in [-0.2, 0) is 5.11 Å². The van der Waals surface area contributed by atoms with E-state index in [0.29, 0.717) is 5.92 Å². The zero-order valence-corrected chi connectivity index (χ0v) is 7.23. The van der Waals surface area contributed by atoms with Crippen molar-refractivity contribution >= 4 is 0 Å². The average molecular weight is 143 g/mol. The second kappa shape index (κ2) is 7.07. The third kappa shape index (κ3) is 6.09. The van der Waals surface area contributed by atoms with Gasteiger partial charge in [0.15, 0.2) is 0 Å². The molecule has 0 saturated carbocycles. The van der Waals surface area contributed by atoms with E-state index >= 15 is 0 Å². The van der Waals surface area contributed by atoms with Gasteiger partial charge in [0.05, 0.1) is 6.61 Å². The summed E-state index contributed by atoms with van der Waals surface area (Å²) in [5.41, 5.74) is 0. The van der Waals surface area contributed by atoms with Crippen molar-refractivity contribution in [2.45, 2.75) is 46.0 Å². The molecule has 0 rings (SSSR count). The molecule has 0 saturated heterocycles. The van der Waals surface area contributed by atoms with Crippen LogP contribution in [0.3, 0.4) is 0 Å². The van der Waals surface area contributed by atoms with Gasteiger partial charge in [-0.25, -0.2) is 5.11 Å². The molecule has 0 aliphatic heterocycles. The van der Waals surface area contributed by atoms with Crippen LogP contribution in [0.2, 0.25) is 0 Å². The topological polar surface area (TPSA) is 19.9 Å². The fourth-order valence-electron chi connectivity index (χ4n) is 1.09. The molecule has 0 amide bonds. The van der Waals surface area contributed by atoms with E-state index in [-0.39, 0.29) is 6.61 Å². The summed E-state index contributed by atoms with van der Waals surface area (Å²) in [4.78, 5) is 0. The molecule has 0 aromatic carbocycles. The number of hydrogen-bond donors (Lipinski definition) is 0. The smallest absolute Gasteiger partial charge is 0.0824 e. The van der Waals surface area contributed by atoms with Crippen molar-refractivity contribution in [1.29, 1.82) is 0 Å². The van der Waals surface area contributed by atoms with Gasteiger partial charge in [0.2, 0.25) is 0 Å². The fraction of sp³-hybridized carbons (Fsp3) is 1.00. The molecule has 61 valence electrons. The van der Waals surface area contributed by atoms with Crippen molar-refractivity contribution in [2.24, 2.45) is 5.92 Å². The highest BCUT2D eigenvalue weighted by Crippen LogP contribution is 2.11. The van der Waals surface area contributed by atoms with Crippen LogP contribution in [0.25, 0.3) is 0 Å². The average Bonchev–Trinajstić information content (AvgIpc) is 1.89. The van der Waals surface area contributed by atoms with Crippen LogP contribution in [0, 0.1) is 5.92 Å². The first-order valence-corrected chi connectivity index (χ1v) is 4.39. The van der Waals surface area contributed by atoms with Gasteiger partial charge in [0, 0.05) is 0 Å². The number of unbranched alkanes of at least 4 members (excludes halogenated alkanes) is 2. The standard InChI is InChI=1S/C9H19O/c1-3-4-5-6-9(2)7-8-10/h9H,3-8H2,1-2H3. The largest absolute Gasteiger partial charge is 0.237 e. The molecule has 0 aromatic heterocycles. The Bertz CT molecular complexity index is 61.7. The molecule has 1 radical (unpaired) electrons. The lowest BCUT2D eigenvalue weighted by Gasteiger charge is -2.06. The molecule has 10 heavy (non-hydrogen) atoms. The lowest BCUT2D eigenvalue weighted by molar-refractivity contribution is 0.171. The molecule has 1 atom stereocenters. The van der Waals surface area contributed by atoms with Crippen LogP contribution >= 0.6 is 0 Å². The third-order valence-corrected chi connectivity index (χ3v) is 1.91. The second-order valence-corrected chi connectivity index (χ2v) is 3.09. The first-order valence-electron chi connectivity index (χ1n) is 4.39. The summed E-state index contributed by atoms with van der Waals surface area (Å²) in [7, 11) is 0. The van der Waals surface area contributed by atoms with E-state index in [1.54, 1.807) is 0 Å². The van der Waals surface area contributed by atoms with E-state index in [1.807, 2.05) is 0 Å². The molecular weight excluding hydrogens is 124 g/mol. The van der Waals surface area contributed by atoms with Gasteiger partial charge in [0.25, 0.3) is 0 Å². The molecule has 0 aliphatic carbocycles. The molecule has 0 N–H and O–H groups in total. The first-order chi connectivity index (χ1) is 4.81. The zero-order chi connectivity index (χ0) is 7.82. The SMILES string of the molecule is CCCCCC(C)CC[O]. The Kier molecular flexibility index (Phi) is 7.04. The Balaban J connectivity index is 2.97. The van der Waals surface area contributed by atoms with Gasteiger partial charge in [-0.2, -0.15) is 0 Å². The van der Waals surface area contributed by atoms with Gasteiger partial charge in [-0.15, -0.1) is 0 Å². The monoisotopic (exact) mass is 143 g/mol. The molecule has 0 heterocycles. The van der Waals surface area contributed by atoms with E-state index in [2.05, 4.69) is 13.8 Å². The van der Waals surface area contributed by atoms with Crippen LogP contribution in [-0.4, -0.2) is 6.61 Å². The van der Waals surface area contributed by atoms with Crippen LogP contribution in [0.4, 0.5) is 0 Å². The van der Waals surface area contributed by atoms with Crippen molar-refractivity contribution in [1.82, 2.24) is 0 Å². The van der Waals surface area contributed by atoms with Crippen molar-refractivity contribution in [3.63, 3.8) is 0 Å². The van der Waals surface area contributed by atoms with Crippen molar-refractivity contribution in [3.05, 3.63) is 0 Å². The summed E-state index contributed by atoms with van der Waals surface area (Å²) in [5.74, 6) is 0.657.